The molecule has 2 heterocycles. The van der Waals surface area contributed by atoms with Gasteiger partial charge in [0.1, 0.15) is 5.82 Å². The molecule has 0 unspecified atom stereocenters. The number of hydrogen-bond acceptors (Lipinski definition) is 4. The topological polar surface area (TPSA) is 48.2 Å². The highest BCUT2D eigenvalue weighted by Gasteiger charge is 2.44. The van der Waals surface area contributed by atoms with E-state index in [4.69, 9.17) is 9.26 Å². The van der Waals surface area contributed by atoms with Crippen molar-refractivity contribution >= 4 is 0 Å². The Labute approximate surface area is 128 Å². The maximum Gasteiger partial charge on any atom is 0.227 e. The Bertz CT molecular complexity index is 643. The highest BCUT2D eigenvalue weighted by Crippen LogP contribution is 2.47. The lowest BCUT2D eigenvalue weighted by Crippen LogP contribution is -2.36. The van der Waals surface area contributed by atoms with Crippen LogP contribution >= 0.6 is 0 Å². The third-order valence-electron chi connectivity index (χ3n) is 4.99. The van der Waals surface area contributed by atoms with E-state index in [1.807, 2.05) is 12.1 Å². The molecule has 1 aromatic heterocycles. The summed E-state index contributed by atoms with van der Waals surface area (Å²) in [5, 5.41) is 4.23. The van der Waals surface area contributed by atoms with Gasteiger partial charge in [0.25, 0.3) is 0 Å². The van der Waals surface area contributed by atoms with Crippen LogP contribution in [0.2, 0.25) is 0 Å². The van der Waals surface area contributed by atoms with Crippen molar-refractivity contribution in [3.05, 3.63) is 47.4 Å². The van der Waals surface area contributed by atoms with Crippen LogP contribution < -0.4 is 0 Å². The quantitative estimate of drug-likeness (QED) is 0.870. The van der Waals surface area contributed by atoms with Crippen molar-refractivity contribution in [2.24, 2.45) is 5.92 Å². The molecule has 2 fully saturated rings. The Morgan fingerprint density at radius 2 is 2.05 bits per heavy atom. The first-order valence-corrected chi connectivity index (χ1v) is 7.93. The third kappa shape index (κ3) is 2.33. The van der Waals surface area contributed by atoms with E-state index in [1.165, 1.54) is 12.1 Å². The van der Waals surface area contributed by atoms with Crippen LogP contribution in [-0.4, -0.2) is 23.4 Å². The zero-order chi connectivity index (χ0) is 15.0. The molecule has 2 aromatic rings. The van der Waals surface area contributed by atoms with Crippen LogP contribution in [0, 0.1) is 11.7 Å². The van der Waals surface area contributed by atoms with Crippen LogP contribution in [0.25, 0.3) is 0 Å². The van der Waals surface area contributed by atoms with E-state index < -0.39 is 0 Å². The zero-order valence-electron chi connectivity index (χ0n) is 12.4. The molecule has 1 aliphatic carbocycles. The summed E-state index contributed by atoms with van der Waals surface area (Å²) in [7, 11) is 0. The summed E-state index contributed by atoms with van der Waals surface area (Å²) < 4.78 is 24.0. The maximum absolute atomic E-state index is 13.2. The summed E-state index contributed by atoms with van der Waals surface area (Å²) in [6, 6.07) is 6.70. The van der Waals surface area contributed by atoms with Crippen molar-refractivity contribution in [3.63, 3.8) is 0 Å². The van der Waals surface area contributed by atoms with Gasteiger partial charge >= 0.3 is 0 Å². The van der Waals surface area contributed by atoms with Crippen molar-refractivity contribution in [1.82, 2.24) is 10.1 Å². The normalized spacial score (nSPS) is 23.4. The second-order valence-corrected chi connectivity index (χ2v) is 6.39. The molecule has 0 amide bonds. The molecule has 1 saturated carbocycles. The summed E-state index contributed by atoms with van der Waals surface area (Å²) in [6.45, 7) is 1.60. The fraction of sp³-hybridized carbons (Fsp3) is 0.529. The number of rotatable bonds is 4. The van der Waals surface area contributed by atoms with E-state index in [0.717, 1.165) is 56.7 Å². The van der Waals surface area contributed by atoms with E-state index in [1.54, 1.807) is 0 Å². The van der Waals surface area contributed by atoms with Gasteiger partial charge in [-0.3, -0.25) is 0 Å². The lowest BCUT2D eigenvalue weighted by molar-refractivity contribution is 0.183. The zero-order valence-corrected chi connectivity index (χ0v) is 12.4. The predicted octanol–water partition coefficient (Wildman–Crippen LogP) is 3.26. The molecule has 1 aliphatic heterocycles. The molecule has 1 aromatic carbocycles. The fourth-order valence-corrected chi connectivity index (χ4v) is 3.46. The molecule has 116 valence electrons. The van der Waals surface area contributed by atoms with Crippen molar-refractivity contribution in [3.8, 4) is 0 Å². The van der Waals surface area contributed by atoms with Crippen LogP contribution in [0.4, 0.5) is 4.39 Å². The summed E-state index contributed by atoms with van der Waals surface area (Å²) in [5.74, 6) is 1.71. The average Bonchev–Trinajstić information content (AvgIpc) is 3.13. The molecule has 0 bridgehead atoms. The third-order valence-corrected chi connectivity index (χ3v) is 4.99. The Hall–Kier alpha value is -1.75. The van der Waals surface area contributed by atoms with Crippen molar-refractivity contribution in [2.45, 2.75) is 37.5 Å². The Morgan fingerprint density at radius 1 is 1.23 bits per heavy atom. The second-order valence-electron chi connectivity index (χ2n) is 6.39. The van der Waals surface area contributed by atoms with Crippen molar-refractivity contribution in [2.75, 3.05) is 13.2 Å². The number of halogens is 1. The minimum absolute atomic E-state index is 0.193. The molecule has 22 heavy (non-hydrogen) atoms. The molecule has 5 heteroatoms. The Balaban J connectivity index is 1.58. The lowest BCUT2D eigenvalue weighted by atomic mass is 9.64. The number of ether oxygens (including phenoxy) is 1. The average molecular weight is 302 g/mol. The largest absolute Gasteiger partial charge is 0.381 e. The van der Waals surface area contributed by atoms with Gasteiger partial charge in [0, 0.05) is 19.6 Å². The van der Waals surface area contributed by atoms with Gasteiger partial charge < -0.3 is 9.26 Å². The van der Waals surface area contributed by atoms with Crippen LogP contribution in [0.5, 0.6) is 0 Å². The summed E-state index contributed by atoms with van der Waals surface area (Å²) in [4.78, 5) is 4.64. The number of hydrogen-bond donors (Lipinski definition) is 0. The molecule has 2 aliphatic rings. The van der Waals surface area contributed by atoms with Gasteiger partial charge in [0.2, 0.25) is 5.89 Å². The summed E-state index contributed by atoms with van der Waals surface area (Å²) in [6.07, 6.45) is 4.96. The van der Waals surface area contributed by atoms with Gasteiger partial charge in [-0.25, -0.2) is 4.39 Å². The molecule has 0 N–H and O–H groups in total. The van der Waals surface area contributed by atoms with Crippen LogP contribution in [0.15, 0.2) is 28.8 Å². The smallest absolute Gasteiger partial charge is 0.227 e. The van der Waals surface area contributed by atoms with Gasteiger partial charge in [0.05, 0.1) is 5.41 Å². The molecular weight excluding hydrogens is 283 g/mol. The first-order valence-electron chi connectivity index (χ1n) is 7.93. The highest BCUT2D eigenvalue weighted by atomic mass is 19.1. The molecule has 1 atom stereocenters. The van der Waals surface area contributed by atoms with E-state index in [-0.39, 0.29) is 11.2 Å². The molecule has 4 nitrogen and oxygen atoms in total. The Morgan fingerprint density at radius 3 is 2.68 bits per heavy atom. The van der Waals surface area contributed by atoms with Gasteiger partial charge in [-0.1, -0.05) is 23.7 Å². The van der Waals surface area contributed by atoms with E-state index in [0.29, 0.717) is 11.8 Å². The van der Waals surface area contributed by atoms with E-state index >= 15 is 0 Å². The predicted molar refractivity (Wildman–Crippen MR) is 78.0 cm³/mol. The first kappa shape index (κ1) is 13.9. The number of aromatic nitrogens is 2. The van der Waals surface area contributed by atoms with Gasteiger partial charge in [-0.05, 0) is 42.9 Å². The summed E-state index contributed by atoms with van der Waals surface area (Å²) >= 11 is 0. The highest BCUT2D eigenvalue weighted by molar-refractivity contribution is 5.35. The van der Waals surface area contributed by atoms with Gasteiger partial charge in [-0.2, -0.15) is 4.98 Å². The minimum atomic E-state index is -0.215. The molecular formula is C17H19FN2O2. The van der Waals surface area contributed by atoms with Gasteiger partial charge in [-0.15, -0.1) is 0 Å². The molecule has 1 saturated heterocycles. The van der Waals surface area contributed by atoms with Crippen LogP contribution in [-0.2, 0) is 16.6 Å². The van der Waals surface area contributed by atoms with Crippen molar-refractivity contribution < 1.29 is 13.7 Å². The number of nitrogens with zero attached hydrogens (tertiary/aromatic N) is 2. The van der Waals surface area contributed by atoms with E-state index in [2.05, 4.69) is 10.1 Å². The fourth-order valence-electron chi connectivity index (χ4n) is 3.46. The standard InChI is InChI=1S/C17H19FN2O2/c18-14-4-2-13(3-5-14)17(7-1-8-17)16-19-15(22-20-16)10-12-6-9-21-11-12/h2-5,12H,1,6-11H2/t12-/m1/s1. The van der Waals surface area contributed by atoms with Crippen molar-refractivity contribution in [1.29, 1.82) is 0 Å². The van der Waals surface area contributed by atoms with Gasteiger partial charge in [0.15, 0.2) is 5.82 Å². The first-order chi connectivity index (χ1) is 10.8. The second kappa shape index (κ2) is 5.47. The Kier molecular flexibility index (Phi) is 3.45. The molecule has 0 spiro atoms. The SMILES string of the molecule is Fc1ccc(C2(c3noc(C[C@H]4CCOC4)n3)CCC2)cc1. The minimum Gasteiger partial charge on any atom is -0.381 e. The van der Waals surface area contributed by atoms with Crippen LogP contribution in [0.1, 0.15) is 43.0 Å². The maximum atomic E-state index is 13.2. The van der Waals surface area contributed by atoms with Crippen LogP contribution in [0.3, 0.4) is 0 Å². The molecule has 0 radical (unpaired) electrons. The monoisotopic (exact) mass is 302 g/mol. The van der Waals surface area contributed by atoms with E-state index in [9.17, 15) is 4.39 Å². The molecule has 4 rings (SSSR count). The number of benzene rings is 1. The summed E-state index contributed by atoms with van der Waals surface area (Å²) in [5.41, 5.74) is 0.887. The lowest BCUT2D eigenvalue weighted by Gasteiger charge is -2.39.